The quantitative estimate of drug-likeness (QED) is 0.740. The van der Waals surface area contributed by atoms with Gasteiger partial charge < -0.3 is 9.84 Å². The summed E-state index contributed by atoms with van der Waals surface area (Å²) >= 11 is 0. The van der Waals surface area contributed by atoms with E-state index in [4.69, 9.17) is 4.74 Å². The number of rotatable bonds is 3. The number of hydrogen-bond acceptors (Lipinski definition) is 4. The van der Waals surface area contributed by atoms with Crippen molar-refractivity contribution in [2.75, 3.05) is 6.61 Å². The molecule has 116 valence electrons. The van der Waals surface area contributed by atoms with Crippen LogP contribution in [0.1, 0.15) is 22.8 Å². The average Bonchev–Trinajstić information content (AvgIpc) is 2.55. The van der Waals surface area contributed by atoms with Crippen LogP contribution in [-0.2, 0) is 4.74 Å². The van der Waals surface area contributed by atoms with Crippen molar-refractivity contribution in [3.8, 4) is 16.9 Å². The molecule has 0 saturated heterocycles. The molecule has 1 aromatic heterocycles. The number of phenols is 1. The fourth-order valence-corrected chi connectivity index (χ4v) is 2.57. The number of carbonyl (C=O) groups is 1. The minimum atomic E-state index is -0.536. The number of ether oxygens (including phenoxy) is 1. The fourth-order valence-electron chi connectivity index (χ4n) is 2.57. The molecular weight excluding hydrogens is 290 g/mol. The van der Waals surface area contributed by atoms with Gasteiger partial charge >= 0.3 is 5.97 Å². The summed E-state index contributed by atoms with van der Waals surface area (Å²) in [5.74, 6) is -0.629. The number of esters is 1. The lowest BCUT2D eigenvalue weighted by Gasteiger charge is -2.13. The van der Waals surface area contributed by atoms with Gasteiger partial charge in [-0.05, 0) is 37.6 Å². The zero-order valence-electron chi connectivity index (χ0n) is 13.0. The van der Waals surface area contributed by atoms with Crippen molar-refractivity contribution in [1.82, 2.24) is 4.98 Å². The van der Waals surface area contributed by atoms with Gasteiger partial charge in [0.1, 0.15) is 11.3 Å². The first-order valence-electron chi connectivity index (χ1n) is 7.46. The van der Waals surface area contributed by atoms with E-state index < -0.39 is 5.97 Å². The normalized spacial score (nSPS) is 10.7. The molecule has 3 rings (SSSR count). The maximum absolute atomic E-state index is 12.4. The number of benzene rings is 2. The number of pyridine rings is 1. The number of fused-ring (bicyclic) bond motifs is 1. The second-order valence-corrected chi connectivity index (χ2v) is 5.30. The standard InChI is InChI=1S/C19H17NO3/c1-3-23-19(22)17-15(13-8-6-12(2)7-9-13)11-16-14(18(17)21)5-4-10-20-16/h4-11,21H,3H2,1-2H3. The summed E-state index contributed by atoms with van der Waals surface area (Å²) in [7, 11) is 0. The van der Waals surface area contributed by atoms with Crippen LogP contribution >= 0.6 is 0 Å². The first-order chi connectivity index (χ1) is 11.1. The van der Waals surface area contributed by atoms with Crippen molar-refractivity contribution >= 4 is 16.9 Å². The molecule has 0 atom stereocenters. The number of hydrogen-bond donors (Lipinski definition) is 1. The van der Waals surface area contributed by atoms with Gasteiger partial charge in [0, 0.05) is 17.1 Å². The van der Waals surface area contributed by atoms with Gasteiger partial charge in [0.15, 0.2) is 0 Å². The van der Waals surface area contributed by atoms with Crippen molar-refractivity contribution in [3.63, 3.8) is 0 Å². The van der Waals surface area contributed by atoms with Gasteiger partial charge in [-0.2, -0.15) is 0 Å². The Morgan fingerprint density at radius 1 is 1.22 bits per heavy atom. The van der Waals surface area contributed by atoms with Crippen molar-refractivity contribution < 1.29 is 14.6 Å². The summed E-state index contributed by atoms with van der Waals surface area (Å²) in [6.45, 7) is 3.98. The van der Waals surface area contributed by atoms with E-state index >= 15 is 0 Å². The molecule has 0 radical (unpaired) electrons. The van der Waals surface area contributed by atoms with E-state index in [0.29, 0.717) is 16.5 Å². The Kier molecular flexibility index (Phi) is 3.98. The van der Waals surface area contributed by atoms with Crippen molar-refractivity contribution in [2.45, 2.75) is 13.8 Å². The minimum absolute atomic E-state index is 0.0929. The molecule has 0 unspecified atom stereocenters. The lowest BCUT2D eigenvalue weighted by molar-refractivity contribution is 0.0524. The number of aromatic hydroxyl groups is 1. The van der Waals surface area contributed by atoms with E-state index in [1.807, 2.05) is 37.3 Å². The summed E-state index contributed by atoms with van der Waals surface area (Å²) in [6, 6.07) is 13.0. The Morgan fingerprint density at radius 2 is 1.96 bits per heavy atom. The molecule has 4 heteroatoms. The molecule has 23 heavy (non-hydrogen) atoms. The first kappa shape index (κ1) is 15.0. The summed E-state index contributed by atoms with van der Waals surface area (Å²) < 4.78 is 5.12. The number of carbonyl (C=O) groups excluding carboxylic acids is 1. The predicted molar refractivity (Wildman–Crippen MR) is 89.5 cm³/mol. The summed E-state index contributed by atoms with van der Waals surface area (Å²) in [5, 5.41) is 11.1. The van der Waals surface area contributed by atoms with Crippen molar-refractivity contribution in [1.29, 1.82) is 0 Å². The molecule has 0 bridgehead atoms. The maximum Gasteiger partial charge on any atom is 0.342 e. The van der Waals surface area contributed by atoms with Crippen LogP contribution in [0.25, 0.3) is 22.0 Å². The van der Waals surface area contributed by atoms with E-state index in [2.05, 4.69) is 4.98 Å². The maximum atomic E-state index is 12.4. The van der Waals surface area contributed by atoms with E-state index in [9.17, 15) is 9.90 Å². The van der Waals surface area contributed by atoms with E-state index in [1.165, 1.54) is 0 Å². The third-order valence-corrected chi connectivity index (χ3v) is 3.72. The molecular formula is C19H17NO3. The third-order valence-electron chi connectivity index (χ3n) is 3.72. The molecule has 4 nitrogen and oxygen atoms in total. The van der Waals surface area contributed by atoms with Gasteiger partial charge in [-0.3, -0.25) is 4.98 Å². The lowest BCUT2D eigenvalue weighted by atomic mass is 9.95. The Bertz CT molecular complexity index is 870. The molecule has 1 heterocycles. The number of aryl methyl sites for hydroxylation is 1. The average molecular weight is 307 g/mol. The molecule has 1 N–H and O–H groups in total. The highest BCUT2D eigenvalue weighted by atomic mass is 16.5. The topological polar surface area (TPSA) is 59.4 Å². The van der Waals surface area contributed by atoms with Crippen LogP contribution in [0.5, 0.6) is 5.75 Å². The van der Waals surface area contributed by atoms with E-state index in [1.54, 1.807) is 25.3 Å². The van der Waals surface area contributed by atoms with Crippen molar-refractivity contribution in [3.05, 3.63) is 59.8 Å². The zero-order chi connectivity index (χ0) is 16.4. The predicted octanol–water partition coefficient (Wildman–Crippen LogP) is 4.09. The van der Waals surface area contributed by atoms with Crippen molar-refractivity contribution in [2.24, 2.45) is 0 Å². The molecule has 0 fully saturated rings. The van der Waals surface area contributed by atoms with Gasteiger partial charge in [-0.1, -0.05) is 29.8 Å². The number of nitrogens with zero attached hydrogens (tertiary/aromatic N) is 1. The molecule has 0 amide bonds. The third kappa shape index (κ3) is 2.75. The molecule has 0 aliphatic rings. The van der Waals surface area contributed by atoms with Crippen LogP contribution in [-0.4, -0.2) is 22.7 Å². The Labute approximate surface area is 134 Å². The molecule has 3 aromatic rings. The highest BCUT2D eigenvalue weighted by molar-refractivity contribution is 6.07. The van der Waals surface area contributed by atoms with Gasteiger partial charge in [0.2, 0.25) is 0 Å². The second-order valence-electron chi connectivity index (χ2n) is 5.30. The molecule has 0 spiro atoms. The fraction of sp³-hybridized carbons (Fsp3) is 0.158. The molecule has 0 aliphatic heterocycles. The van der Waals surface area contributed by atoms with Crippen LogP contribution in [0.2, 0.25) is 0 Å². The van der Waals surface area contributed by atoms with Gasteiger partial charge in [0.25, 0.3) is 0 Å². The molecule has 2 aromatic carbocycles. The number of aromatic nitrogens is 1. The van der Waals surface area contributed by atoms with Crippen LogP contribution in [0, 0.1) is 6.92 Å². The smallest absolute Gasteiger partial charge is 0.342 e. The zero-order valence-corrected chi connectivity index (χ0v) is 13.0. The second kappa shape index (κ2) is 6.08. The van der Waals surface area contributed by atoms with Crippen LogP contribution in [0.4, 0.5) is 0 Å². The van der Waals surface area contributed by atoms with Crippen LogP contribution in [0.3, 0.4) is 0 Å². The summed E-state index contributed by atoms with van der Waals surface area (Å²) in [6.07, 6.45) is 1.66. The van der Waals surface area contributed by atoms with Gasteiger partial charge in [-0.25, -0.2) is 4.79 Å². The van der Waals surface area contributed by atoms with E-state index in [-0.39, 0.29) is 17.9 Å². The lowest BCUT2D eigenvalue weighted by Crippen LogP contribution is -2.07. The number of phenolic OH excluding ortho intramolecular Hbond substituents is 1. The highest BCUT2D eigenvalue weighted by Crippen LogP contribution is 2.37. The Balaban J connectivity index is 2.31. The SMILES string of the molecule is CCOC(=O)c1c(-c2ccc(C)cc2)cc2ncccc2c1O. The Morgan fingerprint density at radius 3 is 2.65 bits per heavy atom. The largest absolute Gasteiger partial charge is 0.506 e. The Hall–Kier alpha value is -2.88. The van der Waals surface area contributed by atoms with Crippen LogP contribution in [0.15, 0.2) is 48.7 Å². The van der Waals surface area contributed by atoms with E-state index in [0.717, 1.165) is 11.1 Å². The van der Waals surface area contributed by atoms with Gasteiger partial charge in [0.05, 0.1) is 12.1 Å². The summed E-state index contributed by atoms with van der Waals surface area (Å²) in [5.41, 5.74) is 3.38. The molecule has 0 aliphatic carbocycles. The monoisotopic (exact) mass is 307 g/mol. The minimum Gasteiger partial charge on any atom is -0.506 e. The van der Waals surface area contributed by atoms with Crippen LogP contribution < -0.4 is 0 Å². The summed E-state index contributed by atoms with van der Waals surface area (Å²) in [4.78, 5) is 16.6. The first-order valence-corrected chi connectivity index (χ1v) is 7.46. The highest BCUT2D eigenvalue weighted by Gasteiger charge is 2.22. The van der Waals surface area contributed by atoms with Gasteiger partial charge in [-0.15, -0.1) is 0 Å². The molecule has 0 saturated carbocycles.